The van der Waals surface area contributed by atoms with Crippen LogP contribution in [-0.4, -0.2) is 31.4 Å². The molecule has 1 fully saturated rings. The maximum absolute atomic E-state index is 10.8. The van der Waals surface area contributed by atoms with E-state index in [1.165, 1.54) is 0 Å². The Morgan fingerprint density at radius 1 is 1.35 bits per heavy atom. The van der Waals surface area contributed by atoms with Crippen LogP contribution in [0.15, 0.2) is 24.3 Å². The summed E-state index contributed by atoms with van der Waals surface area (Å²) in [4.78, 5) is 0. The highest BCUT2D eigenvalue weighted by Crippen LogP contribution is 2.39. The molecule has 0 radical (unpaired) electrons. The van der Waals surface area contributed by atoms with Crippen molar-refractivity contribution < 1.29 is 22.4 Å². The molecule has 0 aliphatic carbocycles. The zero-order valence-electron chi connectivity index (χ0n) is 11.0. The van der Waals surface area contributed by atoms with Gasteiger partial charge in [-0.3, -0.25) is 4.55 Å². The summed E-state index contributed by atoms with van der Waals surface area (Å²) in [6.07, 6.45) is -0.907. The molecule has 112 valence electrons. The Morgan fingerprint density at radius 2 is 2.00 bits per heavy atom. The van der Waals surface area contributed by atoms with E-state index in [1.807, 2.05) is 29.0 Å². The van der Waals surface area contributed by atoms with Crippen molar-refractivity contribution in [3.05, 3.63) is 33.4 Å². The van der Waals surface area contributed by atoms with Crippen LogP contribution < -0.4 is 4.72 Å². The molecule has 8 heteroatoms. The highest BCUT2D eigenvalue weighted by atomic mass is 127. The molecule has 0 saturated carbocycles. The third-order valence-corrected chi connectivity index (χ3v) is 4.38. The van der Waals surface area contributed by atoms with Crippen LogP contribution in [0, 0.1) is 3.57 Å². The lowest BCUT2D eigenvalue weighted by atomic mass is 10.0. The average Bonchev–Trinajstić information content (AvgIpc) is 2.62. The minimum absolute atomic E-state index is 0.0576. The maximum Gasteiger partial charge on any atom is 0.333 e. The topological polar surface area (TPSA) is 84.9 Å². The zero-order chi connectivity index (χ0) is 15.0. The number of halogens is 1. The summed E-state index contributed by atoms with van der Waals surface area (Å²) in [5.74, 6) is -0.810. The predicted molar refractivity (Wildman–Crippen MR) is 81.5 cm³/mol. The minimum atomic E-state index is -4.25. The maximum atomic E-state index is 10.8. The quantitative estimate of drug-likeness (QED) is 0.582. The van der Waals surface area contributed by atoms with E-state index in [9.17, 15) is 8.42 Å². The summed E-state index contributed by atoms with van der Waals surface area (Å²) in [6.45, 7) is 3.48. The predicted octanol–water partition coefficient (Wildman–Crippen LogP) is 1.88. The van der Waals surface area contributed by atoms with Crippen LogP contribution in [0.3, 0.4) is 0 Å². The summed E-state index contributed by atoms with van der Waals surface area (Å²) in [7, 11) is -4.25. The van der Waals surface area contributed by atoms with Gasteiger partial charge in [-0.15, -0.1) is 0 Å². The molecule has 1 aliphatic rings. The monoisotopic (exact) mass is 413 g/mol. The Labute approximate surface area is 131 Å². The molecular formula is C12H16INO5S. The lowest BCUT2D eigenvalue weighted by Crippen LogP contribution is -2.35. The first-order valence-corrected chi connectivity index (χ1v) is 8.52. The fourth-order valence-electron chi connectivity index (χ4n) is 2.14. The van der Waals surface area contributed by atoms with Crippen molar-refractivity contribution in [2.45, 2.75) is 31.8 Å². The number of nitrogens with one attached hydrogen (secondary N) is 1. The Kier molecular flexibility index (Phi) is 4.72. The van der Waals surface area contributed by atoms with Gasteiger partial charge < -0.3 is 9.47 Å². The molecule has 6 nitrogen and oxygen atoms in total. The first kappa shape index (κ1) is 16.1. The van der Waals surface area contributed by atoms with Crippen molar-refractivity contribution in [1.29, 1.82) is 0 Å². The van der Waals surface area contributed by atoms with E-state index in [4.69, 9.17) is 14.0 Å². The molecule has 0 spiro atoms. The van der Waals surface area contributed by atoms with Gasteiger partial charge in [0, 0.05) is 10.1 Å². The summed E-state index contributed by atoms with van der Waals surface area (Å²) >= 11 is 2.19. The van der Waals surface area contributed by atoms with E-state index in [0.717, 1.165) is 9.13 Å². The van der Waals surface area contributed by atoms with E-state index >= 15 is 0 Å². The van der Waals surface area contributed by atoms with Crippen LogP contribution in [0.1, 0.15) is 25.5 Å². The third kappa shape index (κ3) is 4.12. The lowest BCUT2D eigenvalue weighted by molar-refractivity contribution is -0.146. The van der Waals surface area contributed by atoms with E-state index in [0.29, 0.717) is 0 Å². The van der Waals surface area contributed by atoms with E-state index in [1.54, 1.807) is 13.8 Å². The van der Waals surface area contributed by atoms with Gasteiger partial charge in [-0.25, -0.2) is 0 Å². The molecular weight excluding hydrogens is 397 g/mol. The van der Waals surface area contributed by atoms with Crippen molar-refractivity contribution >= 4 is 32.9 Å². The number of ether oxygens (including phenoxy) is 2. The summed E-state index contributed by atoms with van der Waals surface area (Å²) < 4.78 is 45.0. The Balaban J connectivity index is 2.23. The van der Waals surface area contributed by atoms with Crippen LogP contribution >= 0.6 is 22.6 Å². The lowest BCUT2D eigenvalue weighted by Gasteiger charge is -2.18. The van der Waals surface area contributed by atoms with Gasteiger partial charge in [0.15, 0.2) is 5.79 Å². The minimum Gasteiger partial charge on any atom is -0.343 e. The third-order valence-electron chi connectivity index (χ3n) is 2.86. The first-order chi connectivity index (χ1) is 9.18. The second kappa shape index (κ2) is 5.85. The van der Waals surface area contributed by atoms with Crippen molar-refractivity contribution in [2.24, 2.45) is 0 Å². The summed E-state index contributed by atoms with van der Waals surface area (Å²) in [5, 5.41) is 0. The van der Waals surface area contributed by atoms with Gasteiger partial charge in [0.25, 0.3) is 0 Å². The fourth-order valence-corrected chi connectivity index (χ4v) is 3.21. The van der Waals surface area contributed by atoms with Gasteiger partial charge in [0.2, 0.25) is 0 Å². The van der Waals surface area contributed by atoms with Gasteiger partial charge >= 0.3 is 10.3 Å². The highest BCUT2D eigenvalue weighted by molar-refractivity contribution is 14.1. The zero-order valence-corrected chi connectivity index (χ0v) is 14.0. The fraction of sp³-hybridized carbons (Fsp3) is 0.500. The van der Waals surface area contributed by atoms with E-state index in [2.05, 4.69) is 22.6 Å². The molecule has 0 aromatic heterocycles. The first-order valence-electron chi connectivity index (χ1n) is 6.00. The van der Waals surface area contributed by atoms with E-state index in [-0.39, 0.29) is 6.54 Å². The molecule has 0 amide bonds. The van der Waals surface area contributed by atoms with Crippen molar-refractivity contribution in [3.8, 4) is 0 Å². The van der Waals surface area contributed by atoms with Crippen LogP contribution in [0.5, 0.6) is 0 Å². The second-order valence-corrected chi connectivity index (χ2v) is 7.34. The normalized spacial score (nSPS) is 25.8. The number of hydrogen-bond acceptors (Lipinski definition) is 4. The van der Waals surface area contributed by atoms with Gasteiger partial charge in [0.05, 0.1) is 0 Å². The molecule has 2 N–H and O–H groups in total. The second-order valence-electron chi connectivity index (χ2n) is 4.94. The molecule has 1 aromatic rings. The van der Waals surface area contributed by atoms with Gasteiger partial charge in [-0.1, -0.05) is 18.2 Å². The summed E-state index contributed by atoms with van der Waals surface area (Å²) in [5.41, 5.74) is 0.931. The highest BCUT2D eigenvalue weighted by Gasteiger charge is 2.42. The molecule has 2 atom stereocenters. The largest absolute Gasteiger partial charge is 0.343 e. The van der Waals surface area contributed by atoms with Crippen molar-refractivity contribution in [3.63, 3.8) is 0 Å². The van der Waals surface area contributed by atoms with Gasteiger partial charge in [-0.05, 0) is 48.1 Å². The Hall–Kier alpha value is -0.260. The molecule has 0 bridgehead atoms. The van der Waals surface area contributed by atoms with Crippen LogP contribution in [0.2, 0.25) is 0 Å². The molecule has 1 heterocycles. The molecule has 1 aromatic carbocycles. The molecule has 1 aliphatic heterocycles. The van der Waals surface area contributed by atoms with Crippen molar-refractivity contribution in [1.82, 2.24) is 4.72 Å². The number of hydrogen-bond donors (Lipinski definition) is 2. The van der Waals surface area contributed by atoms with Crippen LogP contribution in [-0.2, 0) is 19.8 Å². The molecule has 20 heavy (non-hydrogen) atoms. The number of benzene rings is 1. The van der Waals surface area contributed by atoms with Crippen molar-refractivity contribution in [2.75, 3.05) is 6.54 Å². The van der Waals surface area contributed by atoms with E-state index < -0.39 is 28.3 Å². The molecule has 2 rings (SSSR count). The smallest absolute Gasteiger partial charge is 0.333 e. The van der Waals surface area contributed by atoms with Gasteiger partial charge in [-0.2, -0.15) is 13.1 Å². The number of rotatable bonds is 4. The molecule has 1 saturated heterocycles. The van der Waals surface area contributed by atoms with Crippen LogP contribution in [0.4, 0.5) is 0 Å². The Morgan fingerprint density at radius 3 is 2.60 bits per heavy atom. The SMILES string of the molecule is CC1(C)OC(CNS(=O)(=O)O)C(c2ccccc2I)O1. The Bertz CT molecular complexity index is 589. The van der Waals surface area contributed by atoms with Gasteiger partial charge in [0.1, 0.15) is 12.2 Å². The van der Waals surface area contributed by atoms with Crippen LogP contribution in [0.25, 0.3) is 0 Å². The standard InChI is InChI=1S/C12H16INO5S/c1-12(2)18-10(7-14-20(15,16)17)11(19-12)8-5-3-4-6-9(8)13/h3-6,10-11,14H,7H2,1-2H3,(H,15,16,17). The average molecular weight is 413 g/mol. The molecule has 2 unspecified atom stereocenters. The summed E-state index contributed by atoms with van der Waals surface area (Å²) in [6, 6.07) is 7.66.